The first-order valence-electron chi connectivity index (χ1n) is 6.84. The molecule has 20 heavy (non-hydrogen) atoms. The van der Waals surface area contributed by atoms with Crippen LogP contribution < -0.4 is 4.74 Å². The minimum Gasteiger partial charge on any atom is -0.494 e. The van der Waals surface area contributed by atoms with Gasteiger partial charge in [-0.1, -0.05) is 13.8 Å². The van der Waals surface area contributed by atoms with Crippen molar-refractivity contribution in [2.75, 3.05) is 20.3 Å². The van der Waals surface area contributed by atoms with Crippen molar-refractivity contribution in [3.8, 4) is 5.75 Å². The molecule has 1 N–H and O–H groups in total. The Balaban J connectivity index is 3.02. The van der Waals surface area contributed by atoms with Crippen LogP contribution in [0.15, 0.2) is 18.2 Å². The van der Waals surface area contributed by atoms with Crippen molar-refractivity contribution in [2.45, 2.75) is 32.7 Å². The van der Waals surface area contributed by atoms with Gasteiger partial charge < -0.3 is 14.7 Å². The predicted octanol–water partition coefficient (Wildman–Crippen LogP) is 2.46. The van der Waals surface area contributed by atoms with Crippen molar-refractivity contribution >= 4 is 5.91 Å². The van der Waals surface area contributed by atoms with Crippen LogP contribution >= 0.6 is 0 Å². The highest BCUT2D eigenvalue weighted by Gasteiger charge is 2.22. The van der Waals surface area contributed by atoms with E-state index in [4.69, 9.17) is 9.84 Å². The summed E-state index contributed by atoms with van der Waals surface area (Å²) in [6.45, 7) is 4.11. The molecule has 0 aliphatic heterocycles. The molecule has 0 atom stereocenters. The summed E-state index contributed by atoms with van der Waals surface area (Å²) in [6, 6.07) is 4.19. The van der Waals surface area contributed by atoms with E-state index in [2.05, 4.69) is 0 Å². The molecule has 0 fully saturated rings. The number of ether oxygens (including phenoxy) is 1. The molecule has 1 amide bonds. The van der Waals surface area contributed by atoms with E-state index in [0.717, 1.165) is 12.8 Å². The molecule has 0 radical (unpaired) electrons. The third-order valence-electron chi connectivity index (χ3n) is 3.38. The second kappa shape index (κ2) is 7.85. The van der Waals surface area contributed by atoms with Crippen molar-refractivity contribution in [1.29, 1.82) is 0 Å². The summed E-state index contributed by atoms with van der Waals surface area (Å²) >= 11 is 0. The van der Waals surface area contributed by atoms with E-state index in [-0.39, 0.29) is 36.4 Å². The van der Waals surface area contributed by atoms with E-state index in [1.807, 2.05) is 13.8 Å². The Bertz CT molecular complexity index is 447. The predicted molar refractivity (Wildman–Crippen MR) is 75.4 cm³/mol. The van der Waals surface area contributed by atoms with Gasteiger partial charge in [0.15, 0.2) is 11.6 Å². The molecular formula is C15H22FNO3. The maximum atomic E-state index is 13.7. The van der Waals surface area contributed by atoms with Crippen molar-refractivity contribution in [3.05, 3.63) is 29.6 Å². The van der Waals surface area contributed by atoms with Gasteiger partial charge in [-0.2, -0.15) is 0 Å². The number of rotatable bonds is 7. The molecule has 5 heteroatoms. The summed E-state index contributed by atoms with van der Waals surface area (Å²) in [5.41, 5.74) is 0.267. The second-order valence-corrected chi connectivity index (χ2v) is 4.54. The molecule has 112 valence electrons. The molecule has 0 saturated carbocycles. The van der Waals surface area contributed by atoms with Gasteiger partial charge in [-0.15, -0.1) is 0 Å². The van der Waals surface area contributed by atoms with Gasteiger partial charge in [0.2, 0.25) is 0 Å². The SMILES string of the molecule is CCC(CC)N(CCO)C(=O)c1ccc(OC)c(F)c1. The molecule has 4 nitrogen and oxygen atoms in total. The highest BCUT2D eigenvalue weighted by atomic mass is 19.1. The van der Waals surface area contributed by atoms with E-state index in [9.17, 15) is 9.18 Å². The fourth-order valence-corrected chi connectivity index (χ4v) is 2.25. The summed E-state index contributed by atoms with van der Waals surface area (Å²) in [5.74, 6) is -0.723. The highest BCUT2D eigenvalue weighted by molar-refractivity contribution is 5.94. The third-order valence-corrected chi connectivity index (χ3v) is 3.38. The summed E-state index contributed by atoms with van der Waals surface area (Å²) in [5, 5.41) is 9.12. The van der Waals surface area contributed by atoms with Gasteiger partial charge in [-0.05, 0) is 31.0 Å². The van der Waals surface area contributed by atoms with Crippen molar-refractivity contribution < 1.29 is 19.0 Å². The van der Waals surface area contributed by atoms with Gasteiger partial charge in [0.1, 0.15) is 0 Å². The van der Waals surface area contributed by atoms with E-state index >= 15 is 0 Å². The van der Waals surface area contributed by atoms with Crippen LogP contribution in [-0.2, 0) is 0 Å². The smallest absolute Gasteiger partial charge is 0.254 e. The first-order valence-corrected chi connectivity index (χ1v) is 6.84. The number of aliphatic hydroxyl groups is 1. The minimum absolute atomic E-state index is 0.0415. The lowest BCUT2D eigenvalue weighted by Gasteiger charge is -2.30. The fourth-order valence-electron chi connectivity index (χ4n) is 2.25. The van der Waals surface area contributed by atoms with Crippen molar-refractivity contribution in [2.24, 2.45) is 0 Å². The van der Waals surface area contributed by atoms with Crippen molar-refractivity contribution in [3.63, 3.8) is 0 Å². The number of carbonyl (C=O) groups excluding carboxylic acids is 1. The second-order valence-electron chi connectivity index (χ2n) is 4.54. The molecule has 0 aromatic heterocycles. The molecule has 0 aliphatic carbocycles. The number of hydrogen-bond acceptors (Lipinski definition) is 3. The standard InChI is InChI=1S/C15H22FNO3/c1-4-12(5-2)17(8-9-18)15(19)11-6-7-14(20-3)13(16)10-11/h6-7,10,12,18H,4-5,8-9H2,1-3H3. The van der Waals surface area contributed by atoms with E-state index in [0.29, 0.717) is 0 Å². The Hall–Kier alpha value is -1.62. The first kappa shape index (κ1) is 16.4. The lowest BCUT2D eigenvalue weighted by atomic mass is 10.1. The van der Waals surface area contributed by atoms with Gasteiger partial charge in [0.25, 0.3) is 5.91 Å². The number of methoxy groups -OCH3 is 1. The van der Waals surface area contributed by atoms with Gasteiger partial charge in [0, 0.05) is 18.2 Å². The van der Waals surface area contributed by atoms with Crippen LogP contribution in [0, 0.1) is 5.82 Å². The van der Waals surface area contributed by atoms with E-state index in [1.165, 1.54) is 25.3 Å². The molecule has 1 aromatic rings. The molecular weight excluding hydrogens is 261 g/mol. The highest BCUT2D eigenvalue weighted by Crippen LogP contribution is 2.20. The van der Waals surface area contributed by atoms with Gasteiger partial charge in [-0.25, -0.2) is 4.39 Å². The average molecular weight is 283 g/mol. The minimum atomic E-state index is -0.563. The molecule has 0 spiro atoms. The monoisotopic (exact) mass is 283 g/mol. The van der Waals surface area contributed by atoms with Crippen LogP contribution in [0.5, 0.6) is 5.75 Å². The van der Waals surface area contributed by atoms with Crippen LogP contribution in [0.2, 0.25) is 0 Å². The maximum absolute atomic E-state index is 13.7. The largest absolute Gasteiger partial charge is 0.494 e. The van der Waals surface area contributed by atoms with Crippen LogP contribution in [0.25, 0.3) is 0 Å². The Morgan fingerprint density at radius 1 is 1.40 bits per heavy atom. The van der Waals surface area contributed by atoms with Gasteiger partial charge >= 0.3 is 0 Å². The summed E-state index contributed by atoms with van der Waals surface area (Å²) < 4.78 is 18.5. The maximum Gasteiger partial charge on any atom is 0.254 e. The van der Waals surface area contributed by atoms with Crippen molar-refractivity contribution in [1.82, 2.24) is 4.90 Å². The average Bonchev–Trinajstić information content (AvgIpc) is 2.46. The normalized spacial score (nSPS) is 10.7. The first-order chi connectivity index (χ1) is 9.58. The number of carbonyl (C=O) groups is 1. The molecule has 0 aliphatic rings. The fraction of sp³-hybridized carbons (Fsp3) is 0.533. The summed E-state index contributed by atoms with van der Waals surface area (Å²) in [6.07, 6.45) is 1.59. The van der Waals surface area contributed by atoms with Crippen LogP contribution in [0.4, 0.5) is 4.39 Å². The molecule has 0 heterocycles. The Morgan fingerprint density at radius 3 is 2.50 bits per heavy atom. The lowest BCUT2D eigenvalue weighted by Crippen LogP contribution is -2.41. The van der Waals surface area contributed by atoms with E-state index in [1.54, 1.807) is 4.90 Å². The number of nitrogens with zero attached hydrogens (tertiary/aromatic N) is 1. The molecule has 0 bridgehead atoms. The van der Waals surface area contributed by atoms with Crippen LogP contribution in [-0.4, -0.2) is 42.2 Å². The molecule has 0 saturated heterocycles. The lowest BCUT2D eigenvalue weighted by molar-refractivity contribution is 0.0622. The number of benzene rings is 1. The number of aliphatic hydroxyl groups excluding tert-OH is 1. The van der Waals surface area contributed by atoms with Crippen LogP contribution in [0.3, 0.4) is 0 Å². The number of amides is 1. The summed E-state index contributed by atoms with van der Waals surface area (Å²) in [4.78, 5) is 14.1. The Morgan fingerprint density at radius 2 is 2.05 bits per heavy atom. The van der Waals surface area contributed by atoms with E-state index < -0.39 is 5.82 Å². The zero-order valence-corrected chi connectivity index (χ0v) is 12.2. The molecule has 1 rings (SSSR count). The van der Waals surface area contributed by atoms with Crippen LogP contribution in [0.1, 0.15) is 37.0 Å². The Labute approximate surface area is 119 Å². The van der Waals surface area contributed by atoms with Gasteiger partial charge in [0.05, 0.1) is 13.7 Å². The number of halogens is 1. The summed E-state index contributed by atoms with van der Waals surface area (Å²) in [7, 11) is 1.38. The third kappa shape index (κ3) is 3.70. The molecule has 0 unspecified atom stereocenters. The topological polar surface area (TPSA) is 49.8 Å². The quantitative estimate of drug-likeness (QED) is 0.836. The molecule has 1 aromatic carbocycles. The van der Waals surface area contributed by atoms with Gasteiger partial charge in [-0.3, -0.25) is 4.79 Å². The Kier molecular flexibility index (Phi) is 6.45. The zero-order valence-electron chi connectivity index (χ0n) is 12.2. The zero-order chi connectivity index (χ0) is 15.1. The number of hydrogen-bond donors (Lipinski definition) is 1.